The maximum atomic E-state index is 12.0. The lowest BCUT2D eigenvalue weighted by Crippen LogP contribution is -2.46. The molecule has 4 nitrogen and oxygen atoms in total. The van der Waals surface area contributed by atoms with Crippen LogP contribution in [0.3, 0.4) is 0 Å². The van der Waals surface area contributed by atoms with Gasteiger partial charge in [-0.05, 0) is 25.6 Å². The Morgan fingerprint density at radius 1 is 1.53 bits per heavy atom. The number of hydrogen-bond donors (Lipinski definition) is 1. The second kappa shape index (κ2) is 4.37. The van der Waals surface area contributed by atoms with Crippen molar-refractivity contribution in [3.63, 3.8) is 0 Å². The summed E-state index contributed by atoms with van der Waals surface area (Å²) in [6.45, 7) is 2.57. The number of ether oxygens (including phenoxy) is 2. The van der Waals surface area contributed by atoms with Gasteiger partial charge in [-0.25, -0.2) is 4.79 Å². The van der Waals surface area contributed by atoms with Crippen LogP contribution in [0.25, 0.3) is 0 Å². The van der Waals surface area contributed by atoms with Crippen molar-refractivity contribution < 1.29 is 14.3 Å². The molecule has 0 radical (unpaired) electrons. The van der Waals surface area contributed by atoms with Gasteiger partial charge in [0.2, 0.25) is 0 Å². The third-order valence-electron chi connectivity index (χ3n) is 2.99. The zero-order valence-corrected chi connectivity index (χ0v) is 10.4. The van der Waals surface area contributed by atoms with Crippen molar-refractivity contribution in [2.75, 3.05) is 20.7 Å². The van der Waals surface area contributed by atoms with Crippen molar-refractivity contribution in [1.82, 2.24) is 5.32 Å². The first-order valence-corrected chi connectivity index (χ1v) is 5.63. The minimum Gasteiger partial charge on any atom is -0.496 e. The predicted molar refractivity (Wildman–Crippen MR) is 64.4 cm³/mol. The average molecular weight is 235 g/mol. The van der Waals surface area contributed by atoms with Gasteiger partial charge in [-0.15, -0.1) is 0 Å². The Hall–Kier alpha value is -1.55. The van der Waals surface area contributed by atoms with E-state index in [-0.39, 0.29) is 5.97 Å². The minimum atomic E-state index is -0.481. The smallest absolute Gasteiger partial charge is 0.342 e. The summed E-state index contributed by atoms with van der Waals surface area (Å²) < 4.78 is 10.7. The Morgan fingerprint density at radius 3 is 2.94 bits per heavy atom. The molecule has 0 spiro atoms. The van der Waals surface area contributed by atoms with Crippen LogP contribution < -0.4 is 10.1 Å². The number of carbonyl (C=O) groups excluding carboxylic acids is 1. The van der Waals surface area contributed by atoms with Crippen molar-refractivity contribution in [3.05, 3.63) is 29.3 Å². The number of rotatable bonds is 3. The lowest BCUT2D eigenvalue weighted by Gasteiger charge is -2.34. The first-order valence-electron chi connectivity index (χ1n) is 5.63. The number of methoxy groups -OCH3 is 1. The van der Waals surface area contributed by atoms with Crippen molar-refractivity contribution in [1.29, 1.82) is 0 Å². The van der Waals surface area contributed by atoms with Crippen molar-refractivity contribution in [2.24, 2.45) is 0 Å². The van der Waals surface area contributed by atoms with Crippen LogP contribution in [-0.2, 0) is 11.2 Å². The van der Waals surface area contributed by atoms with E-state index in [0.717, 1.165) is 5.56 Å². The third-order valence-corrected chi connectivity index (χ3v) is 2.99. The van der Waals surface area contributed by atoms with Crippen LogP contribution >= 0.6 is 0 Å². The number of hydrogen-bond acceptors (Lipinski definition) is 4. The molecule has 1 aliphatic heterocycles. The summed E-state index contributed by atoms with van der Waals surface area (Å²) in [6, 6.07) is 5.63. The monoisotopic (exact) mass is 235 g/mol. The van der Waals surface area contributed by atoms with Gasteiger partial charge < -0.3 is 14.8 Å². The fraction of sp³-hybridized carbons (Fsp3) is 0.462. The van der Waals surface area contributed by atoms with Gasteiger partial charge in [0.05, 0.1) is 7.11 Å². The number of likely N-dealkylation sites (N-methyl/N-ethyl adjacent to an activating group) is 1. The number of fused-ring (bicyclic) bond motifs is 1. The largest absolute Gasteiger partial charge is 0.496 e. The maximum absolute atomic E-state index is 12.0. The molecule has 1 unspecified atom stereocenters. The van der Waals surface area contributed by atoms with E-state index < -0.39 is 5.60 Å². The molecule has 92 valence electrons. The molecule has 4 heteroatoms. The van der Waals surface area contributed by atoms with Crippen LogP contribution in [-0.4, -0.2) is 32.3 Å². The first kappa shape index (κ1) is 11.9. The molecule has 0 amide bonds. The third kappa shape index (κ3) is 2.13. The van der Waals surface area contributed by atoms with Crippen molar-refractivity contribution in [2.45, 2.75) is 18.9 Å². The molecule has 1 atom stereocenters. The lowest BCUT2D eigenvalue weighted by molar-refractivity contribution is -0.0143. The Labute approximate surface area is 101 Å². The molecule has 17 heavy (non-hydrogen) atoms. The average Bonchev–Trinajstić information content (AvgIpc) is 2.27. The van der Waals surface area contributed by atoms with E-state index in [1.807, 2.05) is 26.1 Å². The molecule has 1 N–H and O–H groups in total. The standard InChI is InChI=1S/C13H17NO3/c1-13(8-14-2)7-9-5-4-6-10(16-3)11(9)12(15)17-13/h4-6,14H,7-8H2,1-3H3. The van der Waals surface area contributed by atoms with E-state index in [1.165, 1.54) is 0 Å². The molecule has 0 saturated heterocycles. The van der Waals surface area contributed by atoms with Crippen LogP contribution in [0, 0.1) is 0 Å². The van der Waals surface area contributed by atoms with Crippen LogP contribution in [0.15, 0.2) is 18.2 Å². The predicted octanol–water partition coefficient (Wildman–Crippen LogP) is 1.39. The molecule has 1 heterocycles. The van der Waals surface area contributed by atoms with Crippen LogP contribution in [0.5, 0.6) is 5.75 Å². The van der Waals surface area contributed by atoms with Gasteiger partial charge in [-0.2, -0.15) is 0 Å². The van der Waals surface area contributed by atoms with Gasteiger partial charge in [0, 0.05) is 13.0 Å². The van der Waals surface area contributed by atoms with E-state index >= 15 is 0 Å². The number of cyclic esters (lactones) is 1. The van der Waals surface area contributed by atoms with Crippen molar-refractivity contribution >= 4 is 5.97 Å². The SMILES string of the molecule is CNCC1(C)Cc2cccc(OC)c2C(=O)O1. The van der Waals surface area contributed by atoms with Crippen LogP contribution in [0.1, 0.15) is 22.8 Å². The van der Waals surface area contributed by atoms with E-state index in [9.17, 15) is 4.79 Å². The molecule has 0 aromatic heterocycles. The molecule has 0 fully saturated rings. The number of esters is 1. The van der Waals surface area contributed by atoms with E-state index in [4.69, 9.17) is 9.47 Å². The number of nitrogens with one attached hydrogen (secondary N) is 1. The summed E-state index contributed by atoms with van der Waals surface area (Å²) in [5.74, 6) is 0.278. The second-order valence-electron chi connectivity index (χ2n) is 4.54. The minimum absolute atomic E-state index is 0.304. The topological polar surface area (TPSA) is 47.6 Å². The van der Waals surface area contributed by atoms with Crippen molar-refractivity contribution in [3.8, 4) is 5.75 Å². The summed E-state index contributed by atoms with van der Waals surface area (Å²) >= 11 is 0. The molecule has 2 rings (SSSR count). The van der Waals surface area contributed by atoms with Gasteiger partial charge in [0.25, 0.3) is 0 Å². The molecule has 0 aliphatic carbocycles. The number of carbonyl (C=O) groups is 1. The van der Waals surface area contributed by atoms with E-state index in [2.05, 4.69) is 5.32 Å². The van der Waals surface area contributed by atoms with Gasteiger partial charge in [0.1, 0.15) is 16.9 Å². The fourth-order valence-electron chi connectivity index (χ4n) is 2.31. The Kier molecular flexibility index (Phi) is 3.07. The first-order chi connectivity index (χ1) is 8.09. The van der Waals surface area contributed by atoms with Gasteiger partial charge in [-0.1, -0.05) is 12.1 Å². The van der Waals surface area contributed by atoms with Gasteiger partial charge >= 0.3 is 5.97 Å². The molecule has 0 bridgehead atoms. The molecular formula is C13H17NO3. The molecule has 1 aromatic rings. The molecule has 0 saturated carbocycles. The molecular weight excluding hydrogens is 218 g/mol. The highest BCUT2D eigenvalue weighted by Gasteiger charge is 2.37. The van der Waals surface area contributed by atoms with Gasteiger partial charge in [0.15, 0.2) is 0 Å². The Balaban J connectivity index is 2.41. The van der Waals surface area contributed by atoms with E-state index in [1.54, 1.807) is 13.2 Å². The summed E-state index contributed by atoms with van der Waals surface area (Å²) in [5.41, 5.74) is 1.06. The summed E-state index contributed by atoms with van der Waals surface area (Å²) in [7, 11) is 3.41. The maximum Gasteiger partial charge on any atom is 0.342 e. The summed E-state index contributed by atoms with van der Waals surface area (Å²) in [6.07, 6.45) is 0.701. The molecule has 1 aliphatic rings. The Bertz CT molecular complexity index is 444. The van der Waals surface area contributed by atoms with Gasteiger partial charge in [-0.3, -0.25) is 0 Å². The quantitative estimate of drug-likeness (QED) is 0.804. The highest BCUT2D eigenvalue weighted by molar-refractivity contribution is 5.95. The fourth-order valence-corrected chi connectivity index (χ4v) is 2.31. The summed E-state index contributed by atoms with van der Waals surface area (Å²) in [5, 5.41) is 3.05. The normalized spacial score (nSPS) is 22.9. The summed E-state index contributed by atoms with van der Waals surface area (Å²) in [4.78, 5) is 12.0. The van der Waals surface area contributed by atoms with E-state index in [0.29, 0.717) is 24.3 Å². The Morgan fingerprint density at radius 2 is 2.29 bits per heavy atom. The van der Waals surface area contributed by atoms with Crippen LogP contribution in [0.4, 0.5) is 0 Å². The highest BCUT2D eigenvalue weighted by Crippen LogP contribution is 2.33. The van der Waals surface area contributed by atoms with Crippen LogP contribution in [0.2, 0.25) is 0 Å². The molecule has 1 aromatic carbocycles. The second-order valence-corrected chi connectivity index (χ2v) is 4.54. The number of benzene rings is 1. The lowest BCUT2D eigenvalue weighted by atomic mass is 9.89. The zero-order chi connectivity index (χ0) is 12.5. The zero-order valence-electron chi connectivity index (χ0n) is 10.4. The highest BCUT2D eigenvalue weighted by atomic mass is 16.6.